The van der Waals surface area contributed by atoms with E-state index in [4.69, 9.17) is 9.84 Å². The summed E-state index contributed by atoms with van der Waals surface area (Å²) in [5.74, 6) is 1.94. The van der Waals surface area contributed by atoms with Crippen LogP contribution in [0.25, 0.3) is 0 Å². The lowest BCUT2D eigenvalue weighted by molar-refractivity contribution is 0.233. The Bertz CT molecular complexity index is 452. The number of rotatable bonds is 5. The molecule has 1 saturated heterocycles. The molecule has 1 aliphatic rings. The summed E-state index contributed by atoms with van der Waals surface area (Å²) in [4.78, 5) is 3.87. The van der Waals surface area contributed by atoms with Gasteiger partial charge in [0.05, 0.1) is 5.37 Å². The summed E-state index contributed by atoms with van der Waals surface area (Å²) in [6.07, 6.45) is 4.43. The highest BCUT2D eigenvalue weighted by molar-refractivity contribution is 8.44. The number of thioether (sulfide) groups is 1. The maximum Gasteiger partial charge on any atom is 0.203 e. The molecule has 102 valence electrons. The summed E-state index contributed by atoms with van der Waals surface area (Å²) < 4.78 is 4.70. The number of aromatic nitrogens is 2. The van der Waals surface area contributed by atoms with Gasteiger partial charge in [-0.15, -0.1) is 0 Å². The Morgan fingerprint density at radius 2 is 2.44 bits per heavy atom. The van der Waals surface area contributed by atoms with Crippen molar-refractivity contribution < 1.29 is 9.84 Å². The quantitative estimate of drug-likeness (QED) is 0.321. The zero-order valence-electron chi connectivity index (χ0n) is 10.5. The average molecular weight is 291 g/mol. The van der Waals surface area contributed by atoms with Crippen LogP contribution in [0.2, 0.25) is 0 Å². The fourth-order valence-electron chi connectivity index (χ4n) is 1.69. The first-order chi connectivity index (χ1) is 8.64. The zero-order valence-corrected chi connectivity index (χ0v) is 12.1. The molecule has 18 heavy (non-hydrogen) atoms. The normalized spacial score (nSPS) is 30.7. The van der Waals surface area contributed by atoms with Gasteiger partial charge in [-0.1, -0.05) is 0 Å². The SMILES string of the molecule is CN=C(NO)c1nonc1NC1CS1(C)CSC. The van der Waals surface area contributed by atoms with Crippen LogP contribution in [-0.2, 0) is 0 Å². The van der Waals surface area contributed by atoms with Gasteiger partial charge in [0, 0.05) is 17.9 Å². The highest BCUT2D eigenvalue weighted by atomic mass is 32.3. The molecule has 1 aliphatic heterocycles. The van der Waals surface area contributed by atoms with Gasteiger partial charge < -0.3 is 5.32 Å². The highest BCUT2D eigenvalue weighted by Gasteiger charge is 2.45. The van der Waals surface area contributed by atoms with E-state index in [9.17, 15) is 0 Å². The van der Waals surface area contributed by atoms with E-state index < -0.39 is 10.0 Å². The predicted molar refractivity (Wildman–Crippen MR) is 75.9 cm³/mol. The third kappa shape index (κ3) is 2.57. The summed E-state index contributed by atoms with van der Waals surface area (Å²) in [6.45, 7) is 0. The van der Waals surface area contributed by atoms with Gasteiger partial charge in [0.1, 0.15) is 0 Å². The van der Waals surface area contributed by atoms with E-state index in [1.807, 2.05) is 17.2 Å². The lowest BCUT2D eigenvalue weighted by Gasteiger charge is -2.15. The molecule has 0 bridgehead atoms. The molecular weight excluding hydrogens is 274 g/mol. The molecule has 2 atom stereocenters. The minimum Gasteiger partial charge on any atom is -0.354 e. The molecule has 0 amide bonds. The minimum absolute atomic E-state index is 0.237. The maximum absolute atomic E-state index is 8.94. The minimum atomic E-state index is -0.577. The lowest BCUT2D eigenvalue weighted by atomic mass is 10.4. The third-order valence-corrected chi connectivity index (χ3v) is 8.25. The van der Waals surface area contributed by atoms with E-state index in [-0.39, 0.29) is 5.84 Å². The van der Waals surface area contributed by atoms with Crippen molar-refractivity contribution in [3.63, 3.8) is 0 Å². The van der Waals surface area contributed by atoms with Crippen LogP contribution in [0, 0.1) is 0 Å². The first-order valence-corrected chi connectivity index (χ1v) is 9.16. The molecule has 3 N–H and O–H groups in total. The fourth-order valence-corrected chi connectivity index (χ4v) is 6.68. The standard InChI is InChI=1S/C9H17N5O2S2/c1-10-8(12-15)7-9(14-16-13-7)11-6-4-18(6,3)5-17-2/h6,15H,4-5H2,1-3H3,(H,10,12)(H,11,14). The van der Waals surface area contributed by atoms with Crippen LogP contribution in [0.1, 0.15) is 5.69 Å². The molecule has 1 fully saturated rings. The monoisotopic (exact) mass is 291 g/mol. The van der Waals surface area contributed by atoms with E-state index in [1.54, 1.807) is 7.05 Å². The van der Waals surface area contributed by atoms with E-state index in [1.165, 1.54) is 10.8 Å². The third-order valence-electron chi connectivity index (χ3n) is 2.83. The van der Waals surface area contributed by atoms with Gasteiger partial charge in [-0.3, -0.25) is 15.7 Å². The molecule has 1 aromatic rings. The Morgan fingerprint density at radius 3 is 3.06 bits per heavy atom. The smallest absolute Gasteiger partial charge is 0.203 e. The van der Waals surface area contributed by atoms with Gasteiger partial charge >= 0.3 is 0 Å². The molecule has 0 saturated carbocycles. The number of hydrogen-bond acceptors (Lipinski definition) is 7. The van der Waals surface area contributed by atoms with Crippen LogP contribution in [0.3, 0.4) is 0 Å². The van der Waals surface area contributed by atoms with Gasteiger partial charge in [0.15, 0.2) is 11.5 Å². The largest absolute Gasteiger partial charge is 0.354 e. The first kappa shape index (κ1) is 13.5. The van der Waals surface area contributed by atoms with Crippen molar-refractivity contribution in [2.75, 3.05) is 35.7 Å². The zero-order chi connectivity index (χ0) is 13.2. The first-order valence-electron chi connectivity index (χ1n) is 5.32. The Labute approximate surface area is 111 Å². The van der Waals surface area contributed by atoms with Crippen LogP contribution in [-0.4, -0.2) is 57.1 Å². The van der Waals surface area contributed by atoms with Crippen molar-refractivity contribution in [2.45, 2.75) is 5.37 Å². The topological polar surface area (TPSA) is 95.6 Å². The van der Waals surface area contributed by atoms with Gasteiger partial charge in [-0.25, -0.2) is 14.7 Å². The molecule has 2 unspecified atom stereocenters. The predicted octanol–water partition coefficient (Wildman–Crippen LogP) is 0.931. The van der Waals surface area contributed by atoms with Gasteiger partial charge in [0.2, 0.25) is 5.82 Å². The summed E-state index contributed by atoms with van der Waals surface area (Å²) in [7, 11) is 0.975. The number of amidine groups is 1. The van der Waals surface area contributed by atoms with E-state index in [0.29, 0.717) is 16.9 Å². The van der Waals surface area contributed by atoms with Crippen molar-refractivity contribution >= 4 is 33.4 Å². The maximum atomic E-state index is 8.94. The van der Waals surface area contributed by atoms with E-state index in [0.717, 1.165) is 0 Å². The molecule has 0 aliphatic carbocycles. The molecule has 1 aromatic heterocycles. The Morgan fingerprint density at radius 1 is 1.67 bits per heavy atom. The highest BCUT2D eigenvalue weighted by Crippen LogP contribution is 2.66. The van der Waals surface area contributed by atoms with Crippen molar-refractivity contribution in [2.24, 2.45) is 4.99 Å². The fraction of sp³-hybridized carbons (Fsp3) is 0.667. The molecule has 2 rings (SSSR count). The Balaban J connectivity index is 2.06. The van der Waals surface area contributed by atoms with Crippen LogP contribution < -0.4 is 10.8 Å². The number of hydrogen-bond donors (Lipinski definition) is 3. The van der Waals surface area contributed by atoms with Crippen molar-refractivity contribution in [1.82, 2.24) is 15.8 Å². The van der Waals surface area contributed by atoms with E-state index in [2.05, 4.69) is 33.1 Å². The summed E-state index contributed by atoms with van der Waals surface area (Å²) >= 11 is 1.87. The van der Waals surface area contributed by atoms with Crippen molar-refractivity contribution in [3.8, 4) is 0 Å². The number of nitrogens with one attached hydrogen (secondary N) is 2. The summed E-state index contributed by atoms with van der Waals surface area (Å²) in [6, 6.07) is 0. The molecule has 0 aromatic carbocycles. The number of hydroxylamine groups is 1. The van der Waals surface area contributed by atoms with Gasteiger partial charge in [-0.05, 0) is 22.8 Å². The second kappa shape index (κ2) is 5.37. The number of anilines is 1. The molecule has 9 heteroatoms. The van der Waals surface area contributed by atoms with Crippen molar-refractivity contribution in [1.29, 1.82) is 0 Å². The summed E-state index contributed by atoms with van der Waals surface area (Å²) in [5.41, 5.74) is 2.38. The second-order valence-electron chi connectivity index (χ2n) is 4.20. The number of nitrogens with zero attached hydrogens (tertiary/aromatic N) is 3. The van der Waals surface area contributed by atoms with Gasteiger partial charge in [0.25, 0.3) is 0 Å². The van der Waals surface area contributed by atoms with Crippen molar-refractivity contribution in [3.05, 3.63) is 5.69 Å². The molecule has 0 radical (unpaired) electrons. The second-order valence-corrected chi connectivity index (χ2v) is 9.33. The molecule has 7 nitrogen and oxygen atoms in total. The lowest BCUT2D eigenvalue weighted by Crippen LogP contribution is -2.22. The molecule has 2 heterocycles. The van der Waals surface area contributed by atoms with Gasteiger partial charge in [-0.2, -0.15) is 11.8 Å². The van der Waals surface area contributed by atoms with Crippen LogP contribution >= 0.6 is 21.8 Å². The Kier molecular flexibility index (Phi) is 4.03. The van der Waals surface area contributed by atoms with Crippen LogP contribution in [0.5, 0.6) is 0 Å². The summed E-state index contributed by atoms with van der Waals surface area (Å²) in [5, 5.41) is 21.4. The average Bonchev–Trinajstić information content (AvgIpc) is 2.75. The van der Waals surface area contributed by atoms with E-state index >= 15 is 0 Å². The number of aliphatic imine (C=N–C) groups is 1. The van der Waals surface area contributed by atoms with Crippen LogP contribution in [0.4, 0.5) is 5.82 Å². The molecular formula is C9H17N5O2S2. The molecule has 0 spiro atoms. The Hall–Kier alpha value is -0.930. The van der Waals surface area contributed by atoms with Crippen LogP contribution in [0.15, 0.2) is 9.62 Å².